The number of anilines is 2. The third-order valence-electron chi connectivity index (χ3n) is 7.19. The number of nitrogens with two attached hydrogens (primary N) is 2. The van der Waals surface area contributed by atoms with E-state index in [2.05, 4.69) is 15.0 Å². The molecule has 1 saturated heterocycles. The van der Waals surface area contributed by atoms with E-state index in [0.717, 1.165) is 0 Å². The Labute approximate surface area is 198 Å². The molecule has 0 amide bonds. The molecule has 9 nitrogen and oxygen atoms in total. The Hall–Kier alpha value is -3.05. The number of aromatic nitrogens is 4. The van der Waals surface area contributed by atoms with E-state index < -0.39 is 29.9 Å². The van der Waals surface area contributed by atoms with E-state index in [1.54, 1.807) is 35.0 Å². The Morgan fingerprint density at radius 2 is 2.06 bits per heavy atom. The van der Waals surface area contributed by atoms with Crippen LogP contribution in [0.1, 0.15) is 24.6 Å². The average Bonchev–Trinajstić information content (AvgIpc) is 3.45. The minimum absolute atomic E-state index is 0.0638. The number of aliphatic hydroxyl groups is 2. The largest absolute Gasteiger partial charge is 0.385 e. The highest BCUT2D eigenvalue weighted by Crippen LogP contribution is 2.51. The molecule has 1 saturated carbocycles. The van der Waals surface area contributed by atoms with Gasteiger partial charge in [0.05, 0.1) is 16.5 Å². The lowest BCUT2D eigenvalue weighted by atomic mass is 9.89. The van der Waals surface area contributed by atoms with E-state index in [1.165, 1.54) is 6.33 Å². The molecule has 34 heavy (non-hydrogen) atoms. The van der Waals surface area contributed by atoms with Gasteiger partial charge in [0.2, 0.25) is 0 Å². The summed E-state index contributed by atoms with van der Waals surface area (Å²) in [7, 11) is 0. The summed E-state index contributed by atoms with van der Waals surface area (Å²) in [6, 6.07) is 6.76. The van der Waals surface area contributed by atoms with Crippen LogP contribution < -0.4 is 11.5 Å². The van der Waals surface area contributed by atoms with Gasteiger partial charge < -0.3 is 31.0 Å². The maximum absolute atomic E-state index is 15.3. The number of fused-ring (bicyclic) bond motifs is 3. The van der Waals surface area contributed by atoms with E-state index in [4.69, 9.17) is 27.8 Å². The normalized spacial score (nSPS) is 28.7. The third-order valence-corrected chi connectivity index (χ3v) is 7.49. The number of halogens is 2. The predicted molar refractivity (Wildman–Crippen MR) is 124 cm³/mol. The maximum atomic E-state index is 15.3. The van der Waals surface area contributed by atoms with Crippen LogP contribution in [0.2, 0.25) is 5.02 Å². The first kappa shape index (κ1) is 21.5. The molecule has 0 unspecified atom stereocenters. The molecule has 3 aromatic heterocycles. The van der Waals surface area contributed by atoms with Crippen LogP contribution in [0.5, 0.6) is 0 Å². The Kier molecular flexibility index (Phi) is 4.72. The van der Waals surface area contributed by atoms with Gasteiger partial charge in [-0.05, 0) is 42.9 Å². The van der Waals surface area contributed by atoms with Gasteiger partial charge in [-0.2, -0.15) is 0 Å². The molecule has 1 aromatic carbocycles. The van der Waals surface area contributed by atoms with Crippen molar-refractivity contribution >= 4 is 45.2 Å². The van der Waals surface area contributed by atoms with Crippen LogP contribution >= 0.6 is 11.6 Å². The third kappa shape index (κ3) is 2.99. The number of hydrogen-bond donors (Lipinski definition) is 4. The highest BCUT2D eigenvalue weighted by atomic mass is 35.5. The van der Waals surface area contributed by atoms with Crippen LogP contribution in [-0.2, 0) is 11.2 Å². The zero-order valence-electron chi connectivity index (χ0n) is 17.9. The van der Waals surface area contributed by atoms with Crippen LogP contribution in [0, 0.1) is 11.7 Å². The summed E-state index contributed by atoms with van der Waals surface area (Å²) in [6.07, 6.45) is 1.49. The molecule has 0 radical (unpaired) electrons. The van der Waals surface area contributed by atoms with Crippen molar-refractivity contribution < 1.29 is 19.3 Å². The fourth-order valence-corrected chi connectivity index (χ4v) is 5.59. The highest BCUT2D eigenvalue weighted by Gasteiger charge is 2.61. The van der Waals surface area contributed by atoms with Gasteiger partial charge in [0.15, 0.2) is 12.0 Å². The van der Waals surface area contributed by atoms with Gasteiger partial charge in [-0.3, -0.25) is 0 Å². The van der Waals surface area contributed by atoms with Crippen molar-refractivity contribution in [3.05, 3.63) is 53.2 Å². The van der Waals surface area contributed by atoms with Crippen molar-refractivity contribution in [2.24, 2.45) is 5.92 Å². The van der Waals surface area contributed by atoms with Crippen LogP contribution in [0.25, 0.3) is 21.9 Å². The Morgan fingerprint density at radius 3 is 2.88 bits per heavy atom. The predicted octanol–water partition coefficient (Wildman–Crippen LogP) is 2.58. The summed E-state index contributed by atoms with van der Waals surface area (Å²) < 4.78 is 23.2. The van der Waals surface area contributed by atoms with Gasteiger partial charge in [0, 0.05) is 11.6 Å². The summed E-state index contributed by atoms with van der Waals surface area (Å²) in [4.78, 5) is 12.4. The molecular weight excluding hydrogens is 463 g/mol. The summed E-state index contributed by atoms with van der Waals surface area (Å²) >= 11 is 6.01. The molecule has 0 bridgehead atoms. The number of pyridine rings is 1. The number of nitrogen functional groups attached to an aromatic ring is 2. The van der Waals surface area contributed by atoms with Crippen molar-refractivity contribution in [2.75, 3.05) is 11.5 Å². The topological polar surface area (TPSA) is 145 Å². The smallest absolute Gasteiger partial charge is 0.164 e. The first-order valence-corrected chi connectivity index (χ1v) is 11.3. The number of nitrogens with zero attached hydrogens (tertiary/aromatic N) is 4. The maximum Gasteiger partial charge on any atom is 0.164 e. The molecule has 11 heteroatoms. The lowest BCUT2D eigenvalue weighted by molar-refractivity contribution is -0.0675. The van der Waals surface area contributed by atoms with Crippen molar-refractivity contribution in [1.29, 1.82) is 0 Å². The Bertz CT molecular complexity index is 1450. The second kappa shape index (κ2) is 7.47. The standard InChI is InChI=1S/C23H22ClFN6O3/c24-14-8-11-2-1-10(15(25)16(11)30-20(14)27)7-12-3-5-23(33)17(32)22(34-18(12)23)31-6-4-13-19(26)28-9-29-21(13)31/h1-2,4,6,8-9,12,17-18,22,32-33H,3,5,7H2,(H2,27,30)(H2,26,28,29)/t12-,17-,18+,22+,23-/m0/s1. The van der Waals surface area contributed by atoms with Gasteiger partial charge in [-0.15, -0.1) is 0 Å². The van der Waals surface area contributed by atoms with Crippen molar-refractivity contribution in [3.63, 3.8) is 0 Å². The Balaban J connectivity index is 1.32. The van der Waals surface area contributed by atoms with Gasteiger partial charge in [0.25, 0.3) is 0 Å². The number of rotatable bonds is 3. The fourth-order valence-electron chi connectivity index (χ4n) is 5.43. The molecule has 1 aliphatic heterocycles. The summed E-state index contributed by atoms with van der Waals surface area (Å²) in [6.45, 7) is 0. The monoisotopic (exact) mass is 484 g/mol. The number of aliphatic hydroxyl groups excluding tert-OH is 1. The molecule has 2 aliphatic rings. The quantitative estimate of drug-likeness (QED) is 0.347. The van der Waals surface area contributed by atoms with Crippen LogP contribution in [0.3, 0.4) is 0 Å². The second-order valence-corrected chi connectivity index (χ2v) is 9.48. The van der Waals surface area contributed by atoms with Gasteiger partial charge in [-0.25, -0.2) is 19.3 Å². The van der Waals surface area contributed by atoms with Crippen LogP contribution in [-0.4, -0.2) is 47.5 Å². The molecule has 0 spiro atoms. The lowest BCUT2D eigenvalue weighted by Crippen LogP contribution is -2.45. The Morgan fingerprint density at radius 1 is 1.24 bits per heavy atom. The van der Waals surface area contributed by atoms with E-state index in [-0.39, 0.29) is 22.3 Å². The summed E-state index contributed by atoms with van der Waals surface area (Å²) in [5.41, 5.74) is 11.3. The first-order chi connectivity index (χ1) is 16.3. The molecule has 2 fully saturated rings. The van der Waals surface area contributed by atoms with Crippen molar-refractivity contribution in [1.82, 2.24) is 19.5 Å². The molecule has 1 aliphatic carbocycles. The summed E-state index contributed by atoms with van der Waals surface area (Å²) in [5.74, 6) is -0.318. The number of benzene rings is 1. The minimum atomic E-state index is -1.46. The summed E-state index contributed by atoms with van der Waals surface area (Å²) in [5, 5.41) is 23.9. The van der Waals surface area contributed by atoms with Crippen LogP contribution in [0.15, 0.2) is 36.8 Å². The molecule has 5 atom stereocenters. The fraction of sp³-hybridized carbons (Fsp3) is 0.348. The van der Waals surface area contributed by atoms with E-state index in [0.29, 0.717) is 47.1 Å². The molecule has 6 N–H and O–H groups in total. The molecule has 176 valence electrons. The molecule has 6 rings (SSSR count). The van der Waals surface area contributed by atoms with Crippen molar-refractivity contribution in [3.8, 4) is 0 Å². The lowest BCUT2D eigenvalue weighted by Gasteiger charge is -2.26. The van der Waals surface area contributed by atoms with Crippen molar-refractivity contribution in [2.45, 2.75) is 43.3 Å². The van der Waals surface area contributed by atoms with E-state index >= 15 is 4.39 Å². The first-order valence-electron chi connectivity index (χ1n) is 10.9. The van der Waals surface area contributed by atoms with Crippen LogP contribution in [0.4, 0.5) is 16.0 Å². The van der Waals surface area contributed by atoms with E-state index in [1.807, 2.05) is 0 Å². The van der Waals surface area contributed by atoms with E-state index in [9.17, 15) is 10.2 Å². The van der Waals surface area contributed by atoms with Gasteiger partial charge >= 0.3 is 0 Å². The molecular formula is C23H22ClFN6O3. The number of hydrogen-bond acceptors (Lipinski definition) is 8. The van der Waals surface area contributed by atoms with Gasteiger partial charge in [0.1, 0.15) is 40.8 Å². The molecule has 4 aromatic rings. The SMILES string of the molecule is Nc1nc2c(F)c(C[C@@H]3CC[C@@]4(O)[C@@H]3O[C@@H](n3ccc5c(N)ncnc53)[C@@H]4O)ccc2cc1Cl. The zero-order chi connectivity index (χ0) is 23.8. The molecule has 4 heterocycles. The minimum Gasteiger partial charge on any atom is -0.385 e. The zero-order valence-corrected chi connectivity index (χ0v) is 18.7. The highest BCUT2D eigenvalue weighted by molar-refractivity contribution is 6.33. The van der Waals surface area contributed by atoms with Gasteiger partial charge in [-0.1, -0.05) is 23.7 Å². The average molecular weight is 485 g/mol. The number of ether oxygens (including phenoxy) is 1. The second-order valence-electron chi connectivity index (χ2n) is 9.07.